The highest BCUT2D eigenvalue weighted by Crippen LogP contribution is 2.26. The van der Waals surface area contributed by atoms with Crippen LogP contribution >= 0.6 is 11.6 Å². The van der Waals surface area contributed by atoms with E-state index in [0.717, 1.165) is 0 Å². The van der Waals surface area contributed by atoms with Gasteiger partial charge in [0, 0.05) is 12.2 Å². The fourth-order valence-corrected chi connectivity index (χ4v) is 2.57. The van der Waals surface area contributed by atoms with Gasteiger partial charge >= 0.3 is 5.97 Å². The monoisotopic (exact) mass is 313 g/mol. The molecular weight excluding hydrogens is 298 g/mol. The number of carbonyl (C=O) groups excluding carboxylic acids is 1. The first kappa shape index (κ1) is 15.6. The highest BCUT2D eigenvalue weighted by Gasteiger charge is 2.37. The summed E-state index contributed by atoms with van der Waals surface area (Å²) < 4.78 is 5.32. The Morgan fingerprint density at radius 3 is 2.76 bits per heavy atom. The lowest BCUT2D eigenvalue weighted by atomic mass is 9.88. The molecule has 2 rings (SSSR count). The molecule has 1 aromatic carbocycles. The number of halogens is 1. The van der Waals surface area contributed by atoms with E-state index in [4.69, 9.17) is 21.4 Å². The molecule has 1 heterocycles. The van der Waals surface area contributed by atoms with Gasteiger partial charge in [0.25, 0.3) is 5.91 Å². The largest absolute Gasteiger partial charge is 0.506 e. The quantitative estimate of drug-likeness (QED) is 0.787. The number of rotatable bonds is 4. The number of aliphatic carboxylic acids is 1. The molecule has 0 saturated carbocycles. The van der Waals surface area contributed by atoms with E-state index in [1.807, 2.05) is 0 Å². The van der Waals surface area contributed by atoms with E-state index < -0.39 is 17.4 Å². The number of nitrogens with one attached hydrogen (secondary N) is 1. The summed E-state index contributed by atoms with van der Waals surface area (Å²) in [6.07, 6.45) is 1.02. The Morgan fingerprint density at radius 2 is 2.19 bits per heavy atom. The molecule has 1 aromatic rings. The van der Waals surface area contributed by atoms with Gasteiger partial charge in [0.05, 0.1) is 23.6 Å². The lowest BCUT2D eigenvalue weighted by molar-refractivity contribution is -0.140. The van der Waals surface area contributed by atoms with Crippen LogP contribution in [0.15, 0.2) is 18.2 Å². The molecule has 1 unspecified atom stereocenters. The van der Waals surface area contributed by atoms with Crippen LogP contribution in [0.4, 0.5) is 0 Å². The summed E-state index contributed by atoms with van der Waals surface area (Å²) in [7, 11) is 0. The second-order valence-corrected chi connectivity index (χ2v) is 5.53. The van der Waals surface area contributed by atoms with Gasteiger partial charge in [-0.2, -0.15) is 0 Å². The number of phenols is 1. The van der Waals surface area contributed by atoms with Gasteiger partial charge in [-0.3, -0.25) is 9.59 Å². The summed E-state index contributed by atoms with van der Waals surface area (Å²) in [6.45, 7) is 0.721. The number of hydrogen-bond acceptors (Lipinski definition) is 4. The molecule has 3 N–H and O–H groups in total. The summed E-state index contributed by atoms with van der Waals surface area (Å²) in [5.41, 5.74) is -0.654. The SMILES string of the molecule is O=C(O)CC1(NC(=O)c2ccc(O)c(Cl)c2)CCCOC1. The second kappa shape index (κ2) is 6.32. The first-order chi connectivity index (χ1) is 9.92. The van der Waals surface area contributed by atoms with Gasteiger partial charge < -0.3 is 20.3 Å². The van der Waals surface area contributed by atoms with Gasteiger partial charge in [-0.05, 0) is 31.0 Å². The summed E-state index contributed by atoms with van der Waals surface area (Å²) in [4.78, 5) is 23.3. The minimum atomic E-state index is -0.996. The summed E-state index contributed by atoms with van der Waals surface area (Å²) in [5, 5.41) is 21.2. The molecule has 114 valence electrons. The van der Waals surface area contributed by atoms with E-state index in [1.165, 1.54) is 18.2 Å². The van der Waals surface area contributed by atoms with Crippen molar-refractivity contribution in [3.05, 3.63) is 28.8 Å². The van der Waals surface area contributed by atoms with Crippen LogP contribution in [0.3, 0.4) is 0 Å². The molecule has 1 fully saturated rings. The fraction of sp³-hybridized carbons (Fsp3) is 0.429. The summed E-state index contributed by atoms with van der Waals surface area (Å²) in [5.74, 6) is -1.55. The van der Waals surface area contributed by atoms with Crippen molar-refractivity contribution in [2.24, 2.45) is 0 Å². The van der Waals surface area contributed by atoms with E-state index >= 15 is 0 Å². The molecule has 1 saturated heterocycles. The minimum absolute atomic E-state index is 0.0647. The highest BCUT2D eigenvalue weighted by atomic mass is 35.5. The molecular formula is C14H16ClNO5. The van der Waals surface area contributed by atoms with Crippen LogP contribution in [-0.2, 0) is 9.53 Å². The molecule has 0 bridgehead atoms. The molecule has 7 heteroatoms. The van der Waals surface area contributed by atoms with Crippen LogP contribution in [0.2, 0.25) is 5.02 Å². The number of carboxylic acids is 1. The van der Waals surface area contributed by atoms with Crippen LogP contribution in [0.1, 0.15) is 29.6 Å². The standard InChI is InChI=1S/C14H16ClNO5/c15-10-6-9(2-3-11(10)17)13(20)16-14(7-12(18)19)4-1-5-21-8-14/h2-3,6,17H,1,4-5,7-8H2,(H,16,20)(H,18,19). The Bertz CT molecular complexity index is 554. The number of carboxylic acid groups (broad SMARTS) is 1. The number of hydrogen-bond donors (Lipinski definition) is 3. The molecule has 1 aliphatic heterocycles. The van der Waals surface area contributed by atoms with Gasteiger partial charge in [-0.25, -0.2) is 0 Å². The smallest absolute Gasteiger partial charge is 0.305 e. The number of carbonyl (C=O) groups is 2. The van der Waals surface area contributed by atoms with Crippen LogP contribution in [-0.4, -0.2) is 40.8 Å². The van der Waals surface area contributed by atoms with Gasteiger partial charge in [0.2, 0.25) is 0 Å². The Hall–Kier alpha value is -1.79. The van der Waals surface area contributed by atoms with Crippen LogP contribution < -0.4 is 5.32 Å². The van der Waals surface area contributed by atoms with E-state index in [-0.39, 0.29) is 29.4 Å². The Balaban J connectivity index is 2.17. The lowest BCUT2D eigenvalue weighted by Crippen LogP contribution is -2.55. The third-order valence-electron chi connectivity index (χ3n) is 3.40. The van der Waals surface area contributed by atoms with Crippen molar-refractivity contribution in [2.45, 2.75) is 24.8 Å². The minimum Gasteiger partial charge on any atom is -0.506 e. The van der Waals surface area contributed by atoms with E-state index in [1.54, 1.807) is 0 Å². The Kier molecular flexibility index (Phi) is 4.69. The average molecular weight is 314 g/mol. The highest BCUT2D eigenvalue weighted by molar-refractivity contribution is 6.32. The maximum atomic E-state index is 12.3. The molecule has 0 spiro atoms. The Morgan fingerprint density at radius 1 is 1.43 bits per heavy atom. The number of aromatic hydroxyl groups is 1. The molecule has 1 aliphatic rings. The lowest BCUT2D eigenvalue weighted by Gasteiger charge is -2.36. The van der Waals surface area contributed by atoms with Crippen molar-refractivity contribution in [3.8, 4) is 5.75 Å². The van der Waals surface area contributed by atoms with Crippen molar-refractivity contribution >= 4 is 23.5 Å². The molecule has 0 aromatic heterocycles. The molecule has 1 atom stereocenters. The van der Waals surface area contributed by atoms with Crippen LogP contribution in [0.5, 0.6) is 5.75 Å². The third kappa shape index (κ3) is 3.86. The fourth-order valence-electron chi connectivity index (χ4n) is 2.39. The normalized spacial score (nSPS) is 21.8. The number of benzene rings is 1. The van der Waals surface area contributed by atoms with Crippen LogP contribution in [0, 0.1) is 0 Å². The predicted octanol–water partition coefficient (Wildman–Crippen LogP) is 1.80. The van der Waals surface area contributed by atoms with Gasteiger partial charge in [0.1, 0.15) is 5.75 Å². The predicted molar refractivity (Wildman–Crippen MR) is 75.6 cm³/mol. The zero-order valence-electron chi connectivity index (χ0n) is 11.3. The molecule has 0 aliphatic carbocycles. The van der Waals surface area contributed by atoms with Crippen molar-refractivity contribution in [3.63, 3.8) is 0 Å². The van der Waals surface area contributed by atoms with Crippen molar-refractivity contribution in [1.29, 1.82) is 0 Å². The average Bonchev–Trinajstić information content (AvgIpc) is 2.41. The van der Waals surface area contributed by atoms with Gasteiger partial charge in [0.15, 0.2) is 0 Å². The first-order valence-electron chi connectivity index (χ1n) is 6.52. The summed E-state index contributed by atoms with van der Waals surface area (Å²) in [6, 6.07) is 4.08. The maximum Gasteiger partial charge on any atom is 0.305 e. The Labute approximate surface area is 126 Å². The van der Waals surface area contributed by atoms with E-state index in [0.29, 0.717) is 19.4 Å². The molecule has 1 amide bonds. The first-order valence-corrected chi connectivity index (χ1v) is 6.90. The molecule has 0 radical (unpaired) electrons. The topological polar surface area (TPSA) is 95.9 Å². The van der Waals surface area contributed by atoms with Crippen molar-refractivity contribution in [2.75, 3.05) is 13.2 Å². The van der Waals surface area contributed by atoms with Gasteiger partial charge in [-0.1, -0.05) is 11.6 Å². The number of amides is 1. The van der Waals surface area contributed by atoms with Crippen molar-refractivity contribution < 1.29 is 24.5 Å². The number of ether oxygens (including phenoxy) is 1. The second-order valence-electron chi connectivity index (χ2n) is 5.13. The van der Waals surface area contributed by atoms with Crippen LogP contribution in [0.25, 0.3) is 0 Å². The van der Waals surface area contributed by atoms with Crippen molar-refractivity contribution in [1.82, 2.24) is 5.32 Å². The van der Waals surface area contributed by atoms with E-state index in [2.05, 4.69) is 5.32 Å². The molecule has 6 nitrogen and oxygen atoms in total. The summed E-state index contributed by atoms with van der Waals surface area (Å²) >= 11 is 5.77. The number of phenolic OH excluding ortho intramolecular Hbond substituents is 1. The molecule has 21 heavy (non-hydrogen) atoms. The third-order valence-corrected chi connectivity index (χ3v) is 3.70. The van der Waals surface area contributed by atoms with Gasteiger partial charge in [-0.15, -0.1) is 0 Å². The van der Waals surface area contributed by atoms with E-state index in [9.17, 15) is 14.7 Å². The maximum absolute atomic E-state index is 12.3. The zero-order valence-corrected chi connectivity index (χ0v) is 12.0. The zero-order chi connectivity index (χ0) is 15.5.